The van der Waals surface area contributed by atoms with Gasteiger partial charge in [-0.25, -0.2) is 0 Å². The second kappa shape index (κ2) is 4.90. The minimum absolute atomic E-state index is 0.152. The van der Waals surface area contributed by atoms with E-state index in [1.165, 1.54) is 24.2 Å². The summed E-state index contributed by atoms with van der Waals surface area (Å²) < 4.78 is 5.13. The monoisotopic (exact) mass is 266 g/mol. The van der Waals surface area contributed by atoms with Crippen LogP contribution in [0.2, 0.25) is 0 Å². The van der Waals surface area contributed by atoms with Gasteiger partial charge in [0.1, 0.15) is 5.75 Å². The highest BCUT2D eigenvalue weighted by atomic mass is 32.1. The van der Waals surface area contributed by atoms with E-state index in [-0.39, 0.29) is 5.91 Å². The molecule has 1 amide bonds. The van der Waals surface area contributed by atoms with Gasteiger partial charge in [-0.2, -0.15) is 0 Å². The molecule has 0 radical (unpaired) electrons. The van der Waals surface area contributed by atoms with Crippen molar-refractivity contribution in [1.29, 1.82) is 0 Å². The van der Waals surface area contributed by atoms with Gasteiger partial charge in [-0.1, -0.05) is 0 Å². The lowest BCUT2D eigenvalue weighted by Crippen LogP contribution is -2.41. The third kappa shape index (κ3) is 2.12. The van der Waals surface area contributed by atoms with E-state index in [0.29, 0.717) is 12.0 Å². The Balaban J connectivity index is 1.70. The Labute approximate surface area is 111 Å². The maximum Gasteiger partial charge on any atom is 0.264 e. The Kier molecular flexibility index (Phi) is 3.26. The third-order valence-electron chi connectivity index (χ3n) is 3.91. The number of carbonyl (C=O) groups is 1. The minimum atomic E-state index is 0.152. The van der Waals surface area contributed by atoms with Gasteiger partial charge in [-0.05, 0) is 25.3 Å². The van der Waals surface area contributed by atoms with E-state index >= 15 is 0 Å². The van der Waals surface area contributed by atoms with Gasteiger partial charge >= 0.3 is 0 Å². The van der Waals surface area contributed by atoms with Gasteiger partial charge in [-0.15, -0.1) is 11.3 Å². The normalized spacial score (nSPS) is 27.1. The van der Waals surface area contributed by atoms with Crippen LogP contribution in [0.4, 0.5) is 0 Å². The van der Waals surface area contributed by atoms with Gasteiger partial charge < -0.3 is 15.0 Å². The van der Waals surface area contributed by atoms with Crippen LogP contribution in [0.1, 0.15) is 22.5 Å². The number of ether oxygens (including phenoxy) is 1. The van der Waals surface area contributed by atoms with Gasteiger partial charge in [-0.3, -0.25) is 4.79 Å². The first-order valence-electron chi connectivity index (χ1n) is 6.43. The Bertz CT molecular complexity index is 432. The zero-order valence-corrected chi connectivity index (χ0v) is 11.3. The molecule has 2 aliphatic heterocycles. The van der Waals surface area contributed by atoms with Crippen LogP contribution in [0, 0.1) is 5.92 Å². The number of hydrogen-bond acceptors (Lipinski definition) is 4. The average molecular weight is 266 g/mol. The summed E-state index contributed by atoms with van der Waals surface area (Å²) in [5.74, 6) is 1.57. The Morgan fingerprint density at radius 1 is 1.56 bits per heavy atom. The van der Waals surface area contributed by atoms with Crippen LogP contribution in [0.15, 0.2) is 11.4 Å². The lowest BCUT2D eigenvalue weighted by Gasteiger charge is -2.24. The first kappa shape index (κ1) is 12.0. The fourth-order valence-electron chi connectivity index (χ4n) is 2.91. The van der Waals surface area contributed by atoms with Crippen LogP contribution < -0.4 is 10.1 Å². The summed E-state index contributed by atoms with van der Waals surface area (Å²) in [6.45, 7) is 2.84. The number of carbonyl (C=O) groups excluding carboxylic acids is 1. The van der Waals surface area contributed by atoms with Gasteiger partial charge in [0, 0.05) is 30.6 Å². The van der Waals surface area contributed by atoms with Crippen molar-refractivity contribution in [3.05, 3.63) is 16.3 Å². The zero-order chi connectivity index (χ0) is 12.5. The summed E-state index contributed by atoms with van der Waals surface area (Å²) in [6, 6.07) is 2.34. The summed E-state index contributed by atoms with van der Waals surface area (Å²) >= 11 is 1.47. The summed E-state index contributed by atoms with van der Waals surface area (Å²) in [7, 11) is 1.63. The molecule has 0 spiro atoms. The third-order valence-corrected chi connectivity index (χ3v) is 4.80. The quantitative estimate of drug-likeness (QED) is 0.883. The Morgan fingerprint density at radius 2 is 2.44 bits per heavy atom. The highest BCUT2D eigenvalue weighted by Gasteiger charge is 2.36. The van der Waals surface area contributed by atoms with Crippen molar-refractivity contribution in [3.8, 4) is 5.75 Å². The number of thiophene rings is 1. The van der Waals surface area contributed by atoms with E-state index in [4.69, 9.17) is 4.74 Å². The van der Waals surface area contributed by atoms with Crippen LogP contribution in [0.5, 0.6) is 5.75 Å². The maximum absolute atomic E-state index is 12.4. The van der Waals surface area contributed by atoms with Crippen LogP contribution in [-0.2, 0) is 0 Å². The number of likely N-dealkylation sites (tertiary alicyclic amines) is 1. The molecule has 2 saturated heterocycles. The number of rotatable bonds is 2. The molecule has 2 aliphatic rings. The zero-order valence-electron chi connectivity index (χ0n) is 10.5. The molecular formula is C13H18N2O2S. The van der Waals surface area contributed by atoms with E-state index < -0.39 is 0 Å². The summed E-state index contributed by atoms with van der Waals surface area (Å²) in [6.07, 6.45) is 2.48. The van der Waals surface area contributed by atoms with Crippen molar-refractivity contribution in [3.63, 3.8) is 0 Å². The minimum Gasteiger partial charge on any atom is -0.496 e. The molecule has 0 unspecified atom stereocenters. The number of nitrogens with zero attached hydrogens (tertiary/aromatic N) is 1. The van der Waals surface area contributed by atoms with Crippen LogP contribution in [0.25, 0.3) is 0 Å². The molecule has 4 nitrogen and oxygen atoms in total. The molecule has 98 valence electrons. The van der Waals surface area contributed by atoms with Crippen molar-refractivity contribution in [2.45, 2.75) is 18.9 Å². The second-order valence-corrected chi connectivity index (χ2v) is 5.94. The largest absolute Gasteiger partial charge is 0.496 e. The van der Waals surface area contributed by atoms with E-state index in [1.54, 1.807) is 7.11 Å². The highest BCUT2D eigenvalue weighted by Crippen LogP contribution is 2.28. The van der Waals surface area contributed by atoms with Crippen molar-refractivity contribution < 1.29 is 9.53 Å². The highest BCUT2D eigenvalue weighted by molar-refractivity contribution is 7.12. The van der Waals surface area contributed by atoms with Crippen molar-refractivity contribution >= 4 is 17.2 Å². The van der Waals surface area contributed by atoms with E-state index in [9.17, 15) is 4.79 Å². The molecule has 18 heavy (non-hydrogen) atoms. The smallest absolute Gasteiger partial charge is 0.264 e. The topological polar surface area (TPSA) is 41.6 Å². The van der Waals surface area contributed by atoms with Gasteiger partial charge in [0.25, 0.3) is 5.91 Å². The molecule has 2 atom stereocenters. The Hall–Kier alpha value is -1.07. The van der Waals surface area contributed by atoms with E-state index in [2.05, 4.69) is 5.32 Å². The fourth-order valence-corrected chi connectivity index (χ4v) is 3.73. The van der Waals surface area contributed by atoms with Crippen LogP contribution in [0.3, 0.4) is 0 Å². The molecule has 2 fully saturated rings. The molecule has 0 aliphatic carbocycles. The lowest BCUT2D eigenvalue weighted by atomic mass is 9.94. The summed E-state index contributed by atoms with van der Waals surface area (Å²) in [5, 5.41) is 5.40. The second-order valence-electron chi connectivity index (χ2n) is 5.02. The first-order valence-corrected chi connectivity index (χ1v) is 7.31. The molecule has 0 aromatic carbocycles. The van der Waals surface area contributed by atoms with Crippen LogP contribution in [-0.4, -0.2) is 43.6 Å². The van der Waals surface area contributed by atoms with E-state index in [1.807, 2.05) is 16.3 Å². The molecular weight excluding hydrogens is 248 g/mol. The predicted molar refractivity (Wildman–Crippen MR) is 71.3 cm³/mol. The van der Waals surface area contributed by atoms with Gasteiger partial charge in [0.05, 0.1) is 12.0 Å². The molecule has 1 aromatic rings. The molecule has 1 N–H and O–H groups in total. The summed E-state index contributed by atoms with van der Waals surface area (Å²) in [4.78, 5) is 15.1. The number of fused-ring (bicyclic) bond motifs is 1. The number of piperidine rings is 1. The Morgan fingerprint density at radius 3 is 3.17 bits per heavy atom. The maximum atomic E-state index is 12.4. The van der Waals surface area contributed by atoms with Gasteiger partial charge in [0.2, 0.25) is 0 Å². The summed E-state index contributed by atoms with van der Waals surface area (Å²) in [5.41, 5.74) is 0. The van der Waals surface area contributed by atoms with Crippen molar-refractivity contribution in [2.75, 3.05) is 26.7 Å². The average Bonchev–Trinajstić information content (AvgIpc) is 3.04. The SMILES string of the molecule is COc1csc(C(=O)N2C[C@@H]3CCCN[C@@H]3C2)c1. The molecule has 3 heterocycles. The molecule has 0 bridgehead atoms. The molecule has 5 heteroatoms. The molecule has 0 saturated carbocycles. The van der Waals surface area contributed by atoms with Crippen LogP contribution >= 0.6 is 11.3 Å². The molecule has 1 aromatic heterocycles. The van der Waals surface area contributed by atoms with Gasteiger partial charge in [0.15, 0.2) is 0 Å². The van der Waals surface area contributed by atoms with E-state index in [0.717, 1.165) is 30.3 Å². The lowest BCUT2D eigenvalue weighted by molar-refractivity contribution is 0.0790. The number of nitrogens with one attached hydrogen (secondary N) is 1. The predicted octanol–water partition coefficient (Wildman–Crippen LogP) is 1.58. The standard InChI is InChI=1S/C13H18N2O2S/c1-17-10-5-12(18-8-10)13(16)15-6-9-3-2-4-14-11(9)7-15/h5,8-9,11,14H,2-4,6-7H2,1H3/t9-,11+/m0/s1. The number of methoxy groups -OCH3 is 1. The number of hydrogen-bond donors (Lipinski definition) is 1. The molecule has 3 rings (SSSR count). The first-order chi connectivity index (χ1) is 8.78. The number of amides is 1. The van der Waals surface area contributed by atoms with Crippen molar-refractivity contribution in [2.24, 2.45) is 5.92 Å². The van der Waals surface area contributed by atoms with Crippen molar-refractivity contribution in [1.82, 2.24) is 10.2 Å². The fraction of sp³-hybridized carbons (Fsp3) is 0.615.